The number of nitrogens with one attached hydrogen (secondary N) is 2. The molecule has 2 rings (SSSR count). The Labute approximate surface area is 130 Å². The molecule has 0 spiro atoms. The van der Waals surface area contributed by atoms with Crippen molar-refractivity contribution in [1.29, 1.82) is 0 Å². The van der Waals surface area contributed by atoms with Crippen LogP contribution in [0.2, 0.25) is 0 Å². The topological polar surface area (TPSA) is 54.0 Å². The van der Waals surface area contributed by atoms with Gasteiger partial charge in [-0.2, -0.15) is 0 Å². The summed E-state index contributed by atoms with van der Waals surface area (Å²) in [5.41, 5.74) is 1.58. The van der Waals surface area contributed by atoms with Crippen molar-refractivity contribution in [3.05, 3.63) is 58.2 Å². The summed E-state index contributed by atoms with van der Waals surface area (Å²) in [6.45, 7) is 1.95. The van der Waals surface area contributed by atoms with E-state index in [1.54, 1.807) is 30.5 Å². The first-order valence-electron chi connectivity index (χ1n) is 5.86. The number of halogens is 1. The Morgan fingerprint density at radius 3 is 2.65 bits per heavy atom. The van der Waals surface area contributed by atoms with Gasteiger partial charge in [0.1, 0.15) is 5.82 Å². The van der Waals surface area contributed by atoms with Crippen LogP contribution in [-0.2, 0) is 0 Å². The predicted octanol–water partition coefficient (Wildman–Crippen LogP) is 3.28. The number of hydrogen-bond acceptors (Lipinski definition) is 3. The molecule has 0 aliphatic heterocycles. The minimum Gasteiger partial charge on any atom is -0.317 e. The number of carbonyl (C=O) groups is 1. The average Bonchev–Trinajstić information content (AvgIpc) is 2.41. The molecule has 1 aromatic heterocycles. The maximum atomic E-state index is 12.0. The van der Waals surface area contributed by atoms with Crippen LogP contribution in [0.15, 0.2) is 47.1 Å². The first-order chi connectivity index (χ1) is 9.56. The number of rotatable bonds is 2. The average molecular weight is 350 g/mol. The maximum absolute atomic E-state index is 12.0. The number of benzene rings is 1. The molecule has 0 saturated carbocycles. The highest BCUT2D eigenvalue weighted by molar-refractivity contribution is 9.10. The van der Waals surface area contributed by atoms with Crippen molar-refractivity contribution >= 4 is 45.0 Å². The molecule has 20 heavy (non-hydrogen) atoms. The minimum atomic E-state index is -0.276. The zero-order chi connectivity index (χ0) is 14.5. The predicted molar refractivity (Wildman–Crippen MR) is 86.8 cm³/mol. The maximum Gasteiger partial charge on any atom is 0.258 e. The molecule has 2 N–H and O–H groups in total. The minimum absolute atomic E-state index is 0.210. The number of nitrogens with zero attached hydrogens (tertiary/aromatic N) is 1. The molecule has 0 saturated heterocycles. The molecule has 0 aliphatic carbocycles. The van der Waals surface area contributed by atoms with E-state index in [-0.39, 0.29) is 11.0 Å². The SMILES string of the molecule is Cc1ccc(NC(=S)NC(=O)c2ccccc2Br)nc1. The van der Waals surface area contributed by atoms with Gasteiger partial charge < -0.3 is 5.32 Å². The zero-order valence-electron chi connectivity index (χ0n) is 10.7. The van der Waals surface area contributed by atoms with E-state index in [4.69, 9.17) is 12.2 Å². The van der Waals surface area contributed by atoms with E-state index in [2.05, 4.69) is 31.5 Å². The van der Waals surface area contributed by atoms with E-state index in [9.17, 15) is 4.79 Å². The molecule has 6 heteroatoms. The lowest BCUT2D eigenvalue weighted by atomic mass is 10.2. The highest BCUT2D eigenvalue weighted by atomic mass is 79.9. The molecule has 0 fully saturated rings. The quantitative estimate of drug-likeness (QED) is 0.817. The van der Waals surface area contributed by atoms with Crippen LogP contribution < -0.4 is 10.6 Å². The molecule has 1 aromatic carbocycles. The van der Waals surface area contributed by atoms with Crippen molar-refractivity contribution in [2.75, 3.05) is 5.32 Å². The second kappa shape index (κ2) is 6.58. The van der Waals surface area contributed by atoms with Gasteiger partial charge in [0, 0.05) is 10.7 Å². The molecular weight excluding hydrogens is 338 g/mol. The lowest BCUT2D eigenvalue weighted by molar-refractivity contribution is 0.0977. The van der Waals surface area contributed by atoms with Gasteiger partial charge >= 0.3 is 0 Å². The number of amides is 1. The van der Waals surface area contributed by atoms with Crippen LogP contribution >= 0.6 is 28.1 Å². The summed E-state index contributed by atoms with van der Waals surface area (Å²) in [6.07, 6.45) is 1.72. The number of thiocarbonyl (C=S) groups is 1. The van der Waals surface area contributed by atoms with Gasteiger partial charge in [-0.05, 0) is 58.8 Å². The second-order valence-corrected chi connectivity index (χ2v) is 5.37. The van der Waals surface area contributed by atoms with E-state index in [0.29, 0.717) is 15.9 Å². The summed E-state index contributed by atoms with van der Waals surface area (Å²) < 4.78 is 0.716. The Morgan fingerprint density at radius 2 is 2.00 bits per heavy atom. The van der Waals surface area contributed by atoms with Crippen molar-refractivity contribution in [1.82, 2.24) is 10.3 Å². The molecule has 0 aliphatic rings. The smallest absolute Gasteiger partial charge is 0.258 e. The normalized spacial score (nSPS) is 9.90. The number of anilines is 1. The van der Waals surface area contributed by atoms with Gasteiger partial charge in [-0.1, -0.05) is 18.2 Å². The molecule has 0 atom stereocenters. The lowest BCUT2D eigenvalue weighted by Gasteiger charge is -2.09. The van der Waals surface area contributed by atoms with Crippen LogP contribution in [0.1, 0.15) is 15.9 Å². The molecule has 102 valence electrons. The van der Waals surface area contributed by atoms with E-state index >= 15 is 0 Å². The second-order valence-electron chi connectivity index (χ2n) is 4.11. The first-order valence-corrected chi connectivity index (χ1v) is 7.06. The Morgan fingerprint density at radius 1 is 1.25 bits per heavy atom. The third kappa shape index (κ3) is 3.85. The third-order valence-corrected chi connectivity index (χ3v) is 3.39. The molecule has 4 nitrogen and oxygen atoms in total. The van der Waals surface area contributed by atoms with Gasteiger partial charge in [-0.3, -0.25) is 10.1 Å². The van der Waals surface area contributed by atoms with E-state index in [1.807, 2.05) is 19.1 Å². The fraction of sp³-hybridized carbons (Fsp3) is 0.0714. The van der Waals surface area contributed by atoms with Crippen LogP contribution in [-0.4, -0.2) is 16.0 Å². The summed E-state index contributed by atoms with van der Waals surface area (Å²) in [5.74, 6) is 0.315. The lowest BCUT2D eigenvalue weighted by Crippen LogP contribution is -2.34. The van der Waals surface area contributed by atoms with Crippen molar-refractivity contribution in [3.63, 3.8) is 0 Å². The number of pyridine rings is 1. The summed E-state index contributed by atoms with van der Waals surface area (Å²) in [6, 6.07) is 10.9. The van der Waals surface area contributed by atoms with Crippen LogP contribution in [0.3, 0.4) is 0 Å². The van der Waals surface area contributed by atoms with Gasteiger partial charge in [0.15, 0.2) is 5.11 Å². The number of aromatic nitrogens is 1. The summed E-state index contributed by atoms with van der Waals surface area (Å²) in [5, 5.41) is 5.68. The molecule has 0 bridgehead atoms. The molecule has 0 unspecified atom stereocenters. The van der Waals surface area contributed by atoms with Crippen molar-refractivity contribution in [2.24, 2.45) is 0 Å². The van der Waals surface area contributed by atoms with E-state index in [1.165, 1.54) is 0 Å². The van der Waals surface area contributed by atoms with Gasteiger partial charge in [0.05, 0.1) is 5.56 Å². The molecule has 2 aromatic rings. The number of hydrogen-bond donors (Lipinski definition) is 2. The van der Waals surface area contributed by atoms with E-state index < -0.39 is 0 Å². The Balaban J connectivity index is 2.00. The van der Waals surface area contributed by atoms with Crippen LogP contribution in [0, 0.1) is 6.92 Å². The van der Waals surface area contributed by atoms with Crippen LogP contribution in [0.4, 0.5) is 5.82 Å². The largest absolute Gasteiger partial charge is 0.317 e. The zero-order valence-corrected chi connectivity index (χ0v) is 13.1. The van der Waals surface area contributed by atoms with Crippen molar-refractivity contribution < 1.29 is 4.79 Å². The highest BCUT2D eigenvalue weighted by Gasteiger charge is 2.10. The number of carbonyl (C=O) groups excluding carboxylic acids is 1. The van der Waals surface area contributed by atoms with Crippen LogP contribution in [0.5, 0.6) is 0 Å². The van der Waals surface area contributed by atoms with Gasteiger partial charge in [0.25, 0.3) is 5.91 Å². The van der Waals surface area contributed by atoms with Crippen molar-refractivity contribution in [2.45, 2.75) is 6.92 Å². The molecule has 1 heterocycles. The summed E-state index contributed by atoms with van der Waals surface area (Å²) in [4.78, 5) is 16.2. The molecule has 0 radical (unpaired) electrons. The van der Waals surface area contributed by atoms with Gasteiger partial charge in [-0.15, -0.1) is 0 Å². The Kier molecular flexibility index (Phi) is 4.81. The van der Waals surface area contributed by atoms with Crippen molar-refractivity contribution in [3.8, 4) is 0 Å². The third-order valence-electron chi connectivity index (χ3n) is 2.50. The monoisotopic (exact) mass is 349 g/mol. The summed E-state index contributed by atoms with van der Waals surface area (Å²) >= 11 is 8.41. The fourth-order valence-electron chi connectivity index (χ4n) is 1.51. The number of aryl methyl sites for hydroxylation is 1. The Hall–Kier alpha value is -1.79. The molecule has 1 amide bonds. The molecular formula is C14H12BrN3OS. The highest BCUT2D eigenvalue weighted by Crippen LogP contribution is 2.15. The van der Waals surface area contributed by atoms with Gasteiger partial charge in [-0.25, -0.2) is 4.98 Å². The standard InChI is InChI=1S/C14H12BrN3OS/c1-9-6-7-12(16-8-9)17-14(20)18-13(19)10-4-2-3-5-11(10)15/h2-8H,1H3,(H2,16,17,18,19,20). The van der Waals surface area contributed by atoms with Gasteiger partial charge in [0.2, 0.25) is 0 Å². The summed E-state index contributed by atoms with van der Waals surface area (Å²) in [7, 11) is 0. The first kappa shape index (κ1) is 14.6. The Bertz CT molecular complexity index is 643. The van der Waals surface area contributed by atoms with Crippen LogP contribution in [0.25, 0.3) is 0 Å². The fourth-order valence-corrected chi connectivity index (χ4v) is 2.17. The van der Waals surface area contributed by atoms with E-state index in [0.717, 1.165) is 5.56 Å².